The van der Waals surface area contributed by atoms with Crippen molar-refractivity contribution in [2.75, 3.05) is 6.54 Å². The molecule has 19 heavy (non-hydrogen) atoms. The highest BCUT2D eigenvalue weighted by Gasteiger charge is 2.25. The number of nitrogens with one attached hydrogen (secondary N) is 1. The van der Waals surface area contributed by atoms with Crippen molar-refractivity contribution >= 4 is 11.6 Å². The number of benzene rings is 1. The molecule has 1 aromatic rings. The number of hydrogen-bond acceptors (Lipinski definition) is 1. The van der Waals surface area contributed by atoms with E-state index in [9.17, 15) is 0 Å². The quantitative estimate of drug-likeness (QED) is 0.825. The van der Waals surface area contributed by atoms with Gasteiger partial charge in [-0.25, -0.2) is 0 Å². The monoisotopic (exact) mass is 279 g/mol. The summed E-state index contributed by atoms with van der Waals surface area (Å²) in [6, 6.07) is 8.91. The SMILES string of the molecule is CC(C)NCC1CCCCC1Cc1ccccc1Cl. The summed E-state index contributed by atoms with van der Waals surface area (Å²) in [4.78, 5) is 0. The molecule has 0 aliphatic heterocycles. The van der Waals surface area contributed by atoms with Gasteiger partial charge in [0.05, 0.1) is 0 Å². The van der Waals surface area contributed by atoms with E-state index < -0.39 is 0 Å². The van der Waals surface area contributed by atoms with Gasteiger partial charge in [-0.1, -0.05) is 56.5 Å². The Bertz CT molecular complexity index is 389. The summed E-state index contributed by atoms with van der Waals surface area (Å²) in [5, 5.41) is 4.55. The largest absolute Gasteiger partial charge is 0.314 e. The number of hydrogen-bond donors (Lipinski definition) is 1. The van der Waals surface area contributed by atoms with E-state index in [0.717, 1.165) is 29.8 Å². The maximum atomic E-state index is 6.30. The van der Waals surface area contributed by atoms with Crippen LogP contribution in [0.3, 0.4) is 0 Å². The second-order valence-electron chi connectivity index (χ2n) is 6.16. The summed E-state index contributed by atoms with van der Waals surface area (Å²) >= 11 is 6.30. The molecule has 1 N–H and O–H groups in total. The van der Waals surface area contributed by atoms with E-state index in [0.29, 0.717) is 6.04 Å². The summed E-state index contributed by atoms with van der Waals surface area (Å²) in [5.41, 5.74) is 1.32. The fourth-order valence-corrected chi connectivity index (χ4v) is 3.37. The Morgan fingerprint density at radius 1 is 1.16 bits per heavy atom. The maximum Gasteiger partial charge on any atom is 0.0438 e. The average Bonchev–Trinajstić information content (AvgIpc) is 2.40. The van der Waals surface area contributed by atoms with Gasteiger partial charge in [0.15, 0.2) is 0 Å². The van der Waals surface area contributed by atoms with Crippen LogP contribution in [0, 0.1) is 11.8 Å². The highest BCUT2D eigenvalue weighted by atomic mass is 35.5. The molecule has 106 valence electrons. The lowest BCUT2D eigenvalue weighted by Gasteiger charge is -2.32. The van der Waals surface area contributed by atoms with E-state index in [-0.39, 0.29) is 0 Å². The Morgan fingerprint density at radius 3 is 2.53 bits per heavy atom. The van der Waals surface area contributed by atoms with Gasteiger partial charge in [0.1, 0.15) is 0 Å². The Morgan fingerprint density at radius 2 is 1.84 bits per heavy atom. The van der Waals surface area contributed by atoms with Crippen LogP contribution in [-0.4, -0.2) is 12.6 Å². The van der Waals surface area contributed by atoms with Gasteiger partial charge in [-0.15, -0.1) is 0 Å². The van der Waals surface area contributed by atoms with Gasteiger partial charge in [-0.2, -0.15) is 0 Å². The first-order valence-electron chi connectivity index (χ1n) is 7.63. The molecule has 1 aromatic carbocycles. The molecule has 0 saturated heterocycles. The Balaban J connectivity index is 1.97. The molecule has 1 saturated carbocycles. The third kappa shape index (κ3) is 4.50. The summed E-state index contributed by atoms with van der Waals surface area (Å²) in [7, 11) is 0. The highest BCUT2D eigenvalue weighted by Crippen LogP contribution is 2.33. The maximum absolute atomic E-state index is 6.30. The van der Waals surface area contributed by atoms with Crippen molar-refractivity contribution in [3.8, 4) is 0 Å². The fourth-order valence-electron chi connectivity index (χ4n) is 3.16. The van der Waals surface area contributed by atoms with Crippen molar-refractivity contribution in [1.82, 2.24) is 5.32 Å². The molecule has 2 heteroatoms. The lowest BCUT2D eigenvalue weighted by molar-refractivity contribution is 0.224. The van der Waals surface area contributed by atoms with E-state index >= 15 is 0 Å². The topological polar surface area (TPSA) is 12.0 Å². The lowest BCUT2D eigenvalue weighted by atomic mass is 9.76. The second kappa shape index (κ2) is 7.31. The summed E-state index contributed by atoms with van der Waals surface area (Å²) in [6.45, 7) is 5.62. The van der Waals surface area contributed by atoms with Gasteiger partial charge < -0.3 is 5.32 Å². The Kier molecular flexibility index (Phi) is 5.72. The summed E-state index contributed by atoms with van der Waals surface area (Å²) < 4.78 is 0. The van der Waals surface area contributed by atoms with Crippen LogP contribution in [0.5, 0.6) is 0 Å². The first-order valence-corrected chi connectivity index (χ1v) is 8.01. The molecule has 0 radical (unpaired) electrons. The fraction of sp³-hybridized carbons (Fsp3) is 0.647. The minimum absolute atomic E-state index is 0.586. The summed E-state index contributed by atoms with van der Waals surface area (Å²) in [6.07, 6.45) is 6.64. The van der Waals surface area contributed by atoms with Gasteiger partial charge in [0.25, 0.3) is 0 Å². The van der Waals surface area contributed by atoms with Gasteiger partial charge >= 0.3 is 0 Å². The number of rotatable bonds is 5. The average molecular weight is 280 g/mol. The third-order valence-electron chi connectivity index (χ3n) is 4.29. The molecule has 2 atom stereocenters. The minimum atomic E-state index is 0.586. The minimum Gasteiger partial charge on any atom is -0.314 e. The molecular weight excluding hydrogens is 254 g/mol. The van der Waals surface area contributed by atoms with Crippen LogP contribution in [0.4, 0.5) is 0 Å². The molecular formula is C17H26ClN. The van der Waals surface area contributed by atoms with Crippen LogP contribution in [0.2, 0.25) is 5.02 Å². The first-order chi connectivity index (χ1) is 9.16. The van der Waals surface area contributed by atoms with Crippen LogP contribution in [0.15, 0.2) is 24.3 Å². The van der Waals surface area contributed by atoms with Crippen molar-refractivity contribution in [3.05, 3.63) is 34.9 Å². The standard InChI is InChI=1S/C17H26ClN/c1-13(2)19-12-16-9-4-3-7-14(16)11-15-8-5-6-10-17(15)18/h5-6,8,10,13-14,16,19H,3-4,7,9,11-12H2,1-2H3. The zero-order valence-electron chi connectivity index (χ0n) is 12.2. The highest BCUT2D eigenvalue weighted by molar-refractivity contribution is 6.31. The van der Waals surface area contributed by atoms with Crippen LogP contribution >= 0.6 is 11.6 Å². The zero-order valence-corrected chi connectivity index (χ0v) is 12.9. The second-order valence-corrected chi connectivity index (χ2v) is 6.57. The van der Waals surface area contributed by atoms with Crippen LogP contribution < -0.4 is 5.32 Å². The van der Waals surface area contributed by atoms with Crippen LogP contribution in [0.25, 0.3) is 0 Å². The van der Waals surface area contributed by atoms with Crippen molar-refractivity contribution < 1.29 is 0 Å². The van der Waals surface area contributed by atoms with Gasteiger partial charge in [-0.05, 0) is 49.3 Å². The predicted octanol–water partition coefficient (Wildman–Crippen LogP) is 4.69. The van der Waals surface area contributed by atoms with Gasteiger partial charge in [-0.3, -0.25) is 0 Å². The van der Waals surface area contributed by atoms with Gasteiger partial charge in [0.2, 0.25) is 0 Å². The molecule has 1 fully saturated rings. The molecule has 2 rings (SSSR count). The van der Waals surface area contributed by atoms with E-state index in [2.05, 4.69) is 31.3 Å². The molecule has 1 aliphatic carbocycles. The smallest absolute Gasteiger partial charge is 0.0438 e. The molecule has 0 bridgehead atoms. The molecule has 1 aliphatic rings. The van der Waals surface area contributed by atoms with Crippen LogP contribution in [-0.2, 0) is 6.42 Å². The predicted molar refractivity (Wildman–Crippen MR) is 83.7 cm³/mol. The molecule has 0 amide bonds. The molecule has 2 unspecified atom stereocenters. The Hall–Kier alpha value is -0.530. The van der Waals surface area contributed by atoms with Crippen molar-refractivity contribution in [3.63, 3.8) is 0 Å². The molecule has 0 aromatic heterocycles. The number of halogens is 1. The van der Waals surface area contributed by atoms with Gasteiger partial charge in [0, 0.05) is 11.1 Å². The van der Waals surface area contributed by atoms with Crippen molar-refractivity contribution in [1.29, 1.82) is 0 Å². The van der Waals surface area contributed by atoms with E-state index in [1.54, 1.807) is 0 Å². The van der Waals surface area contributed by atoms with Crippen LogP contribution in [0.1, 0.15) is 45.1 Å². The van der Waals surface area contributed by atoms with E-state index in [4.69, 9.17) is 11.6 Å². The first kappa shape index (κ1) is 14.9. The summed E-state index contributed by atoms with van der Waals surface area (Å²) in [5.74, 6) is 1.60. The molecule has 0 heterocycles. The van der Waals surface area contributed by atoms with Crippen molar-refractivity contribution in [2.24, 2.45) is 11.8 Å². The van der Waals surface area contributed by atoms with E-state index in [1.165, 1.54) is 31.2 Å². The Labute approximate surface area is 122 Å². The molecule has 1 nitrogen and oxygen atoms in total. The van der Waals surface area contributed by atoms with E-state index in [1.807, 2.05) is 12.1 Å². The third-order valence-corrected chi connectivity index (χ3v) is 4.66. The van der Waals surface area contributed by atoms with Crippen molar-refractivity contribution in [2.45, 2.75) is 52.0 Å². The normalized spacial score (nSPS) is 23.8. The zero-order chi connectivity index (χ0) is 13.7. The molecule has 0 spiro atoms. The lowest BCUT2D eigenvalue weighted by Crippen LogP contribution is -2.35.